The molecule has 2 aliphatic rings. The fraction of sp³-hybridized carbons (Fsp3) is 0.556. The predicted octanol–water partition coefficient (Wildman–Crippen LogP) is -0.00950. The van der Waals surface area contributed by atoms with Gasteiger partial charge in [-0.3, -0.25) is 14.5 Å². The normalized spacial score (nSPS) is 21.3. The second kappa shape index (κ2) is 8.40. The van der Waals surface area contributed by atoms with E-state index in [2.05, 4.69) is 15.5 Å². The molecule has 0 radical (unpaired) electrons. The van der Waals surface area contributed by atoms with Crippen LogP contribution in [0.15, 0.2) is 24.3 Å². The van der Waals surface area contributed by atoms with Crippen LogP contribution in [-0.2, 0) is 16.0 Å². The number of nitrogens with one attached hydrogen (secondary N) is 2. The SMILES string of the molecule is O=C(Cc1cccc(F)c1)NCC(=O)N1CCC(N2CCNCC2)C1. The van der Waals surface area contributed by atoms with Gasteiger partial charge in [0.15, 0.2) is 0 Å². The lowest BCUT2D eigenvalue weighted by Gasteiger charge is -2.32. The molecule has 1 unspecified atom stereocenters. The molecule has 0 saturated carbocycles. The number of nitrogens with zero attached hydrogens (tertiary/aromatic N) is 2. The van der Waals surface area contributed by atoms with Crippen LogP contribution < -0.4 is 10.6 Å². The number of carbonyl (C=O) groups excluding carboxylic acids is 2. The molecule has 7 heteroatoms. The molecule has 25 heavy (non-hydrogen) atoms. The van der Waals surface area contributed by atoms with E-state index in [0.717, 1.165) is 45.7 Å². The molecular weight excluding hydrogens is 323 g/mol. The Bertz CT molecular complexity index is 619. The third-order valence-electron chi connectivity index (χ3n) is 4.87. The van der Waals surface area contributed by atoms with Crippen LogP contribution in [0.4, 0.5) is 4.39 Å². The van der Waals surface area contributed by atoms with Gasteiger partial charge in [0.05, 0.1) is 13.0 Å². The van der Waals surface area contributed by atoms with Crippen molar-refractivity contribution in [3.8, 4) is 0 Å². The van der Waals surface area contributed by atoms with Crippen LogP contribution in [0.1, 0.15) is 12.0 Å². The molecule has 2 aliphatic heterocycles. The third kappa shape index (κ3) is 4.99. The van der Waals surface area contributed by atoms with E-state index in [-0.39, 0.29) is 30.6 Å². The lowest BCUT2D eigenvalue weighted by Crippen LogP contribution is -2.49. The number of amides is 2. The highest BCUT2D eigenvalue weighted by Gasteiger charge is 2.30. The van der Waals surface area contributed by atoms with Crippen molar-refractivity contribution in [2.24, 2.45) is 0 Å². The van der Waals surface area contributed by atoms with Crippen molar-refractivity contribution in [1.82, 2.24) is 20.4 Å². The highest BCUT2D eigenvalue weighted by Crippen LogP contribution is 2.16. The Morgan fingerprint density at radius 1 is 1.24 bits per heavy atom. The average Bonchev–Trinajstić information content (AvgIpc) is 3.11. The second-order valence-corrected chi connectivity index (χ2v) is 6.65. The number of hydrogen-bond donors (Lipinski definition) is 2. The number of halogens is 1. The van der Waals surface area contributed by atoms with Gasteiger partial charge >= 0.3 is 0 Å². The minimum absolute atomic E-state index is 0.00241. The van der Waals surface area contributed by atoms with E-state index >= 15 is 0 Å². The van der Waals surface area contributed by atoms with Crippen LogP contribution >= 0.6 is 0 Å². The highest BCUT2D eigenvalue weighted by atomic mass is 19.1. The fourth-order valence-corrected chi connectivity index (χ4v) is 3.49. The van der Waals surface area contributed by atoms with Gasteiger partial charge in [-0.25, -0.2) is 4.39 Å². The molecule has 0 aromatic heterocycles. The molecule has 1 aromatic rings. The van der Waals surface area contributed by atoms with Crippen LogP contribution in [0.2, 0.25) is 0 Å². The van der Waals surface area contributed by atoms with E-state index in [0.29, 0.717) is 11.6 Å². The van der Waals surface area contributed by atoms with E-state index in [9.17, 15) is 14.0 Å². The van der Waals surface area contributed by atoms with Crippen molar-refractivity contribution in [3.05, 3.63) is 35.6 Å². The summed E-state index contributed by atoms with van der Waals surface area (Å²) in [5, 5.41) is 5.98. The van der Waals surface area contributed by atoms with Gasteiger partial charge in [-0.2, -0.15) is 0 Å². The molecule has 2 fully saturated rings. The molecule has 136 valence electrons. The minimum atomic E-state index is -0.364. The quantitative estimate of drug-likeness (QED) is 0.786. The topological polar surface area (TPSA) is 64.7 Å². The van der Waals surface area contributed by atoms with Gasteiger partial charge in [0.1, 0.15) is 5.82 Å². The van der Waals surface area contributed by atoms with E-state index in [1.165, 1.54) is 12.1 Å². The monoisotopic (exact) mass is 348 g/mol. The Labute approximate surface area is 147 Å². The van der Waals surface area contributed by atoms with Gasteiger partial charge < -0.3 is 15.5 Å². The van der Waals surface area contributed by atoms with Crippen LogP contribution in [-0.4, -0.2) is 73.5 Å². The van der Waals surface area contributed by atoms with Gasteiger partial charge in [0.2, 0.25) is 11.8 Å². The zero-order chi connectivity index (χ0) is 17.6. The van der Waals surface area contributed by atoms with Crippen LogP contribution in [0.5, 0.6) is 0 Å². The van der Waals surface area contributed by atoms with Crippen molar-refractivity contribution < 1.29 is 14.0 Å². The Hall–Kier alpha value is -1.99. The molecule has 0 spiro atoms. The maximum atomic E-state index is 13.1. The van der Waals surface area contributed by atoms with Gasteiger partial charge in [-0.1, -0.05) is 12.1 Å². The van der Waals surface area contributed by atoms with Gasteiger partial charge in [-0.05, 0) is 24.1 Å². The highest BCUT2D eigenvalue weighted by molar-refractivity contribution is 5.85. The summed E-state index contributed by atoms with van der Waals surface area (Å²) in [4.78, 5) is 28.5. The maximum absolute atomic E-state index is 13.1. The van der Waals surface area contributed by atoms with Gasteiger partial charge in [0, 0.05) is 45.3 Å². The van der Waals surface area contributed by atoms with Crippen LogP contribution in [0, 0.1) is 5.82 Å². The summed E-state index contributed by atoms with van der Waals surface area (Å²) < 4.78 is 13.1. The number of rotatable bonds is 5. The lowest BCUT2D eigenvalue weighted by molar-refractivity contribution is -0.132. The molecule has 2 N–H and O–H groups in total. The summed E-state index contributed by atoms with van der Waals surface area (Å²) in [7, 11) is 0. The van der Waals surface area contributed by atoms with Crippen molar-refractivity contribution >= 4 is 11.8 Å². The molecule has 1 aromatic carbocycles. The molecule has 3 rings (SSSR count). The first-order valence-electron chi connectivity index (χ1n) is 8.85. The first-order chi connectivity index (χ1) is 12.1. The smallest absolute Gasteiger partial charge is 0.242 e. The molecule has 2 heterocycles. The summed E-state index contributed by atoms with van der Waals surface area (Å²) in [5.74, 6) is -0.681. The first kappa shape index (κ1) is 17.8. The standard InChI is InChI=1S/C18H25FN4O2/c19-15-3-1-2-14(10-15)11-17(24)21-12-18(25)23-7-4-16(13-23)22-8-5-20-6-9-22/h1-3,10,16,20H,4-9,11-13H2,(H,21,24). The second-order valence-electron chi connectivity index (χ2n) is 6.65. The van der Waals surface area contributed by atoms with Crippen LogP contribution in [0.3, 0.4) is 0 Å². The summed E-state index contributed by atoms with van der Waals surface area (Å²) in [5.41, 5.74) is 0.602. The van der Waals surface area contributed by atoms with E-state index < -0.39 is 0 Å². The average molecular weight is 348 g/mol. The fourth-order valence-electron chi connectivity index (χ4n) is 3.49. The first-order valence-corrected chi connectivity index (χ1v) is 8.85. The Morgan fingerprint density at radius 3 is 2.80 bits per heavy atom. The number of likely N-dealkylation sites (tertiary alicyclic amines) is 1. The molecular formula is C18H25FN4O2. The summed E-state index contributed by atoms with van der Waals surface area (Å²) in [6.07, 6.45) is 1.07. The van der Waals surface area contributed by atoms with E-state index in [1.54, 1.807) is 12.1 Å². The predicted molar refractivity (Wildman–Crippen MR) is 92.5 cm³/mol. The maximum Gasteiger partial charge on any atom is 0.242 e. The molecule has 6 nitrogen and oxygen atoms in total. The zero-order valence-corrected chi connectivity index (χ0v) is 14.3. The molecule has 1 atom stereocenters. The van der Waals surface area contributed by atoms with Crippen molar-refractivity contribution in [2.45, 2.75) is 18.9 Å². The number of carbonyl (C=O) groups is 2. The molecule has 0 bridgehead atoms. The van der Waals surface area contributed by atoms with Crippen LogP contribution in [0.25, 0.3) is 0 Å². The number of hydrogen-bond acceptors (Lipinski definition) is 4. The summed E-state index contributed by atoms with van der Waals surface area (Å²) in [6.45, 7) is 5.53. The Morgan fingerprint density at radius 2 is 2.04 bits per heavy atom. The minimum Gasteiger partial charge on any atom is -0.347 e. The van der Waals surface area contributed by atoms with Gasteiger partial charge in [0.25, 0.3) is 0 Å². The number of piperazine rings is 1. The Balaban J connectivity index is 1.41. The largest absolute Gasteiger partial charge is 0.347 e. The van der Waals surface area contributed by atoms with E-state index in [4.69, 9.17) is 0 Å². The van der Waals surface area contributed by atoms with Crippen molar-refractivity contribution in [3.63, 3.8) is 0 Å². The zero-order valence-electron chi connectivity index (χ0n) is 14.3. The molecule has 2 amide bonds. The van der Waals surface area contributed by atoms with Crippen molar-refractivity contribution in [2.75, 3.05) is 45.8 Å². The number of benzene rings is 1. The summed E-state index contributed by atoms with van der Waals surface area (Å²) in [6, 6.07) is 6.37. The van der Waals surface area contributed by atoms with E-state index in [1.807, 2.05) is 4.90 Å². The van der Waals surface area contributed by atoms with Gasteiger partial charge in [-0.15, -0.1) is 0 Å². The van der Waals surface area contributed by atoms with Crippen molar-refractivity contribution in [1.29, 1.82) is 0 Å². The third-order valence-corrected chi connectivity index (χ3v) is 4.87. The lowest BCUT2D eigenvalue weighted by atomic mass is 10.1. The molecule has 0 aliphatic carbocycles. The molecule has 2 saturated heterocycles. The Kier molecular flexibility index (Phi) is 5.99. The summed E-state index contributed by atoms with van der Waals surface area (Å²) >= 11 is 0.